The third kappa shape index (κ3) is 4.29. The van der Waals surface area contributed by atoms with Gasteiger partial charge in [0.15, 0.2) is 5.76 Å². The molecule has 5 heteroatoms. The summed E-state index contributed by atoms with van der Waals surface area (Å²) in [5.74, 6) is 2.42. The van der Waals surface area contributed by atoms with E-state index in [2.05, 4.69) is 31.4 Å². The third-order valence-electron chi connectivity index (χ3n) is 5.05. The van der Waals surface area contributed by atoms with Crippen molar-refractivity contribution in [2.24, 2.45) is 5.92 Å². The van der Waals surface area contributed by atoms with Crippen molar-refractivity contribution >= 4 is 16.9 Å². The van der Waals surface area contributed by atoms with Crippen LogP contribution < -0.4 is 0 Å². The van der Waals surface area contributed by atoms with Crippen molar-refractivity contribution in [3.05, 3.63) is 53.2 Å². The number of unbranched alkanes of at least 4 members (excludes halogenated alkanes) is 1. The molecule has 150 valence electrons. The van der Waals surface area contributed by atoms with Gasteiger partial charge in [-0.15, -0.1) is 0 Å². The van der Waals surface area contributed by atoms with Crippen LogP contribution in [0.15, 0.2) is 34.7 Å². The lowest BCUT2D eigenvalue weighted by molar-refractivity contribution is 0.0682. The summed E-state index contributed by atoms with van der Waals surface area (Å²) in [6.07, 6.45) is 2.20. The fourth-order valence-corrected chi connectivity index (χ4v) is 3.48. The standard InChI is InChI=1S/C23H31N3O2/c1-6-7-12-26-20-11-9-8-10-19(20)24-22(26)15-25(14-16(2)3)23(27)21-13-17(4)18(5)28-21/h8-11,13,16H,6-7,12,14-15H2,1-5H3. The van der Waals surface area contributed by atoms with Gasteiger partial charge in [-0.05, 0) is 49.9 Å². The van der Waals surface area contributed by atoms with Crippen LogP contribution in [0, 0.1) is 19.8 Å². The van der Waals surface area contributed by atoms with Crippen molar-refractivity contribution in [1.82, 2.24) is 14.5 Å². The van der Waals surface area contributed by atoms with E-state index < -0.39 is 0 Å². The van der Waals surface area contributed by atoms with Crippen LogP contribution in [-0.2, 0) is 13.1 Å². The molecule has 0 unspecified atom stereocenters. The summed E-state index contributed by atoms with van der Waals surface area (Å²) in [5, 5.41) is 0. The number of benzene rings is 1. The van der Waals surface area contributed by atoms with Gasteiger partial charge in [-0.1, -0.05) is 39.3 Å². The Balaban J connectivity index is 1.95. The molecule has 1 aromatic carbocycles. The monoisotopic (exact) mass is 381 g/mol. The molecule has 3 aromatic rings. The van der Waals surface area contributed by atoms with Gasteiger partial charge in [0.25, 0.3) is 5.91 Å². The smallest absolute Gasteiger partial charge is 0.289 e. The van der Waals surface area contributed by atoms with Crippen LogP contribution in [0.3, 0.4) is 0 Å². The summed E-state index contributed by atoms with van der Waals surface area (Å²) in [4.78, 5) is 19.9. The Bertz CT molecular complexity index is 933. The van der Waals surface area contributed by atoms with Crippen LogP contribution in [0.4, 0.5) is 0 Å². The first-order valence-corrected chi connectivity index (χ1v) is 10.2. The quantitative estimate of drug-likeness (QED) is 0.529. The number of carbonyl (C=O) groups is 1. The summed E-state index contributed by atoms with van der Waals surface area (Å²) in [7, 11) is 0. The van der Waals surface area contributed by atoms with Crippen molar-refractivity contribution in [2.45, 2.75) is 60.5 Å². The van der Waals surface area contributed by atoms with E-state index in [4.69, 9.17) is 9.40 Å². The minimum Gasteiger partial charge on any atom is -0.456 e. The Labute approximate surface area is 167 Å². The van der Waals surface area contributed by atoms with Gasteiger partial charge in [0.05, 0.1) is 17.6 Å². The predicted octanol–water partition coefficient (Wildman–Crippen LogP) is 5.34. The van der Waals surface area contributed by atoms with Gasteiger partial charge in [0.1, 0.15) is 11.6 Å². The van der Waals surface area contributed by atoms with Gasteiger partial charge in [0.2, 0.25) is 0 Å². The van der Waals surface area contributed by atoms with Crippen LogP contribution in [-0.4, -0.2) is 26.9 Å². The number of hydrogen-bond donors (Lipinski definition) is 0. The lowest BCUT2D eigenvalue weighted by Crippen LogP contribution is -2.34. The number of furan rings is 1. The number of rotatable bonds is 8. The number of fused-ring (bicyclic) bond motifs is 1. The summed E-state index contributed by atoms with van der Waals surface area (Å²) in [6, 6.07) is 10.0. The first kappa shape index (κ1) is 20.2. The minimum atomic E-state index is -0.0704. The number of aryl methyl sites for hydroxylation is 3. The normalized spacial score (nSPS) is 11.5. The Morgan fingerprint density at radius 2 is 2.00 bits per heavy atom. The van der Waals surface area contributed by atoms with E-state index in [1.807, 2.05) is 43.0 Å². The van der Waals surface area contributed by atoms with Crippen molar-refractivity contribution in [3.63, 3.8) is 0 Å². The van der Waals surface area contributed by atoms with E-state index in [1.54, 1.807) is 0 Å². The molecule has 0 radical (unpaired) electrons. The van der Waals surface area contributed by atoms with Crippen LogP contribution in [0.25, 0.3) is 11.0 Å². The zero-order valence-corrected chi connectivity index (χ0v) is 17.7. The molecule has 3 rings (SSSR count). The van der Waals surface area contributed by atoms with Crippen molar-refractivity contribution in [2.75, 3.05) is 6.54 Å². The molecule has 1 amide bonds. The van der Waals surface area contributed by atoms with E-state index in [-0.39, 0.29) is 5.91 Å². The molecule has 0 aliphatic carbocycles. The number of amides is 1. The van der Waals surface area contributed by atoms with E-state index >= 15 is 0 Å². The second-order valence-electron chi connectivity index (χ2n) is 7.95. The number of imidazole rings is 1. The molecule has 2 aromatic heterocycles. The van der Waals surface area contributed by atoms with Gasteiger partial charge in [-0.25, -0.2) is 4.98 Å². The van der Waals surface area contributed by atoms with Crippen molar-refractivity contribution in [1.29, 1.82) is 0 Å². The maximum absolute atomic E-state index is 13.2. The molecular weight excluding hydrogens is 350 g/mol. The molecule has 0 atom stereocenters. The molecule has 0 N–H and O–H groups in total. The average molecular weight is 382 g/mol. The molecule has 0 spiro atoms. The van der Waals surface area contributed by atoms with E-state index in [1.165, 1.54) is 0 Å². The average Bonchev–Trinajstić information content (AvgIpc) is 3.18. The highest BCUT2D eigenvalue weighted by Crippen LogP contribution is 2.21. The zero-order valence-electron chi connectivity index (χ0n) is 17.7. The Morgan fingerprint density at radius 1 is 1.25 bits per heavy atom. The second-order valence-corrected chi connectivity index (χ2v) is 7.95. The van der Waals surface area contributed by atoms with Crippen molar-refractivity contribution in [3.8, 4) is 0 Å². The van der Waals surface area contributed by atoms with Gasteiger partial charge in [0, 0.05) is 13.1 Å². The molecule has 5 nitrogen and oxygen atoms in total. The molecule has 28 heavy (non-hydrogen) atoms. The van der Waals surface area contributed by atoms with E-state index in [9.17, 15) is 4.79 Å². The summed E-state index contributed by atoms with van der Waals surface area (Å²) in [6.45, 7) is 12.3. The lowest BCUT2D eigenvalue weighted by Gasteiger charge is -2.24. The fraction of sp³-hybridized carbons (Fsp3) is 0.478. The third-order valence-corrected chi connectivity index (χ3v) is 5.05. The Morgan fingerprint density at radius 3 is 2.64 bits per heavy atom. The second kappa shape index (κ2) is 8.63. The zero-order chi connectivity index (χ0) is 20.3. The topological polar surface area (TPSA) is 51.3 Å². The Hall–Kier alpha value is -2.56. The number of hydrogen-bond acceptors (Lipinski definition) is 3. The summed E-state index contributed by atoms with van der Waals surface area (Å²) in [5.41, 5.74) is 3.12. The Kier molecular flexibility index (Phi) is 6.22. The molecule has 0 saturated carbocycles. The molecule has 0 saturated heterocycles. The maximum atomic E-state index is 13.2. The fourth-order valence-electron chi connectivity index (χ4n) is 3.48. The van der Waals surface area contributed by atoms with Crippen LogP contribution in [0.2, 0.25) is 0 Å². The van der Waals surface area contributed by atoms with Crippen LogP contribution in [0.5, 0.6) is 0 Å². The molecule has 0 bridgehead atoms. The number of aromatic nitrogens is 2. The predicted molar refractivity (Wildman–Crippen MR) is 112 cm³/mol. The summed E-state index contributed by atoms with van der Waals surface area (Å²) < 4.78 is 7.97. The highest BCUT2D eigenvalue weighted by atomic mass is 16.4. The number of nitrogens with zero attached hydrogens (tertiary/aromatic N) is 3. The summed E-state index contributed by atoms with van der Waals surface area (Å²) >= 11 is 0. The molecule has 0 fully saturated rings. The highest BCUT2D eigenvalue weighted by Gasteiger charge is 2.23. The number of para-hydroxylation sites is 2. The minimum absolute atomic E-state index is 0.0704. The lowest BCUT2D eigenvalue weighted by atomic mass is 10.2. The molecule has 0 aliphatic rings. The van der Waals surface area contributed by atoms with E-state index in [0.29, 0.717) is 24.8 Å². The molecular formula is C23H31N3O2. The van der Waals surface area contributed by atoms with Crippen molar-refractivity contribution < 1.29 is 9.21 Å². The van der Waals surface area contributed by atoms with Crippen LogP contribution >= 0.6 is 0 Å². The van der Waals surface area contributed by atoms with Gasteiger partial charge >= 0.3 is 0 Å². The molecule has 0 aliphatic heterocycles. The maximum Gasteiger partial charge on any atom is 0.289 e. The van der Waals surface area contributed by atoms with Crippen LogP contribution in [0.1, 0.15) is 61.3 Å². The first-order valence-electron chi connectivity index (χ1n) is 10.2. The van der Waals surface area contributed by atoms with E-state index in [0.717, 1.165) is 47.6 Å². The first-order chi connectivity index (χ1) is 13.4. The molecule has 2 heterocycles. The number of carbonyl (C=O) groups excluding carboxylic acids is 1. The van der Waals surface area contributed by atoms with Gasteiger partial charge in [-0.3, -0.25) is 4.79 Å². The van der Waals surface area contributed by atoms with Gasteiger partial charge < -0.3 is 13.9 Å². The highest BCUT2D eigenvalue weighted by molar-refractivity contribution is 5.91. The van der Waals surface area contributed by atoms with Gasteiger partial charge in [-0.2, -0.15) is 0 Å². The SMILES string of the molecule is CCCCn1c(CN(CC(C)C)C(=O)c2cc(C)c(C)o2)nc2ccccc21. The largest absolute Gasteiger partial charge is 0.456 e.